The highest BCUT2D eigenvalue weighted by atomic mass is 16.1. The Hall–Kier alpha value is -0.610. The summed E-state index contributed by atoms with van der Waals surface area (Å²) in [6, 6.07) is 0.206. The average molecular weight is 229 g/mol. The standard InChI is InChI=1S/C12H27N3O/c1-10(9-15(5)6)14-11(16)7-8-13-12(2,3)4/h10,13H,7-9H2,1-6H3,(H,14,16). The molecule has 0 saturated heterocycles. The molecule has 0 fully saturated rings. The Balaban J connectivity index is 3.66. The SMILES string of the molecule is CC(CN(C)C)NC(=O)CCNC(C)(C)C. The van der Waals surface area contributed by atoms with E-state index in [0.29, 0.717) is 6.42 Å². The van der Waals surface area contributed by atoms with Gasteiger partial charge in [0.15, 0.2) is 0 Å². The van der Waals surface area contributed by atoms with Crippen molar-refractivity contribution in [2.45, 2.75) is 45.7 Å². The molecule has 96 valence electrons. The van der Waals surface area contributed by atoms with E-state index in [1.807, 2.05) is 21.0 Å². The number of likely N-dealkylation sites (N-methyl/N-ethyl adjacent to an activating group) is 1. The zero-order chi connectivity index (χ0) is 12.8. The first-order chi connectivity index (χ1) is 7.20. The average Bonchev–Trinajstić information content (AvgIpc) is 1.98. The van der Waals surface area contributed by atoms with Crippen LogP contribution in [-0.2, 0) is 4.79 Å². The molecular weight excluding hydrogens is 202 g/mol. The van der Waals surface area contributed by atoms with Crippen molar-refractivity contribution >= 4 is 5.91 Å². The van der Waals surface area contributed by atoms with Crippen LogP contribution in [0.2, 0.25) is 0 Å². The fraction of sp³-hybridized carbons (Fsp3) is 0.917. The lowest BCUT2D eigenvalue weighted by atomic mass is 10.1. The van der Waals surface area contributed by atoms with E-state index in [1.54, 1.807) is 0 Å². The van der Waals surface area contributed by atoms with E-state index >= 15 is 0 Å². The molecule has 0 aliphatic carbocycles. The van der Waals surface area contributed by atoms with Crippen LogP contribution in [0.5, 0.6) is 0 Å². The van der Waals surface area contributed by atoms with Gasteiger partial charge in [0.05, 0.1) is 0 Å². The third-order valence-electron chi connectivity index (χ3n) is 2.05. The smallest absolute Gasteiger partial charge is 0.221 e. The van der Waals surface area contributed by atoms with Crippen molar-refractivity contribution in [3.05, 3.63) is 0 Å². The van der Waals surface area contributed by atoms with Crippen LogP contribution < -0.4 is 10.6 Å². The molecule has 0 aliphatic rings. The summed E-state index contributed by atoms with van der Waals surface area (Å²) in [6.07, 6.45) is 0.537. The number of hydrogen-bond donors (Lipinski definition) is 2. The minimum absolute atomic E-state index is 0.0789. The van der Waals surface area contributed by atoms with Crippen molar-refractivity contribution < 1.29 is 4.79 Å². The van der Waals surface area contributed by atoms with Gasteiger partial charge in [-0.25, -0.2) is 0 Å². The van der Waals surface area contributed by atoms with E-state index in [9.17, 15) is 4.79 Å². The van der Waals surface area contributed by atoms with E-state index in [1.165, 1.54) is 0 Å². The molecule has 0 aliphatic heterocycles. The third kappa shape index (κ3) is 9.93. The number of carbonyl (C=O) groups excluding carboxylic acids is 1. The Morgan fingerprint density at radius 2 is 1.88 bits per heavy atom. The molecule has 0 rings (SSSR count). The molecule has 2 N–H and O–H groups in total. The third-order valence-corrected chi connectivity index (χ3v) is 2.05. The van der Waals surface area contributed by atoms with Gasteiger partial charge >= 0.3 is 0 Å². The highest BCUT2D eigenvalue weighted by Crippen LogP contribution is 1.98. The second-order valence-corrected chi connectivity index (χ2v) is 5.66. The first-order valence-electron chi connectivity index (χ1n) is 5.90. The van der Waals surface area contributed by atoms with Crippen LogP contribution in [0.25, 0.3) is 0 Å². The van der Waals surface area contributed by atoms with Crippen LogP contribution >= 0.6 is 0 Å². The summed E-state index contributed by atoms with van der Waals surface area (Å²) >= 11 is 0. The number of nitrogens with zero attached hydrogens (tertiary/aromatic N) is 1. The summed E-state index contributed by atoms with van der Waals surface area (Å²) in [5.41, 5.74) is 0.0789. The second kappa shape index (κ2) is 6.86. The minimum atomic E-state index is 0.0789. The van der Waals surface area contributed by atoms with Crippen molar-refractivity contribution in [2.75, 3.05) is 27.2 Å². The number of nitrogens with one attached hydrogen (secondary N) is 2. The van der Waals surface area contributed by atoms with Gasteiger partial charge in [-0.2, -0.15) is 0 Å². The molecule has 0 aromatic rings. The Bertz CT molecular complexity index is 209. The first kappa shape index (κ1) is 15.4. The van der Waals surface area contributed by atoms with E-state index in [0.717, 1.165) is 13.1 Å². The molecule has 0 bridgehead atoms. The molecule has 0 heterocycles. The lowest BCUT2D eigenvalue weighted by Crippen LogP contribution is -2.42. The lowest BCUT2D eigenvalue weighted by molar-refractivity contribution is -0.121. The quantitative estimate of drug-likeness (QED) is 0.709. The first-order valence-corrected chi connectivity index (χ1v) is 5.90. The maximum Gasteiger partial charge on any atom is 0.221 e. The van der Waals surface area contributed by atoms with Crippen molar-refractivity contribution in [1.29, 1.82) is 0 Å². The zero-order valence-electron chi connectivity index (χ0n) is 11.6. The summed E-state index contributed by atoms with van der Waals surface area (Å²) in [5.74, 6) is 0.117. The van der Waals surface area contributed by atoms with Gasteiger partial charge in [-0.15, -0.1) is 0 Å². The van der Waals surface area contributed by atoms with E-state index in [4.69, 9.17) is 0 Å². The molecule has 4 nitrogen and oxygen atoms in total. The molecule has 1 atom stereocenters. The Morgan fingerprint density at radius 1 is 1.31 bits per heavy atom. The van der Waals surface area contributed by atoms with Crippen LogP contribution in [0.3, 0.4) is 0 Å². The number of rotatable bonds is 6. The lowest BCUT2D eigenvalue weighted by Gasteiger charge is -2.21. The van der Waals surface area contributed by atoms with Gasteiger partial charge < -0.3 is 15.5 Å². The molecule has 1 unspecified atom stereocenters. The summed E-state index contributed by atoms with van der Waals surface area (Å²) in [4.78, 5) is 13.6. The normalized spacial score (nSPS) is 13.9. The topological polar surface area (TPSA) is 44.4 Å². The van der Waals surface area contributed by atoms with Crippen molar-refractivity contribution in [3.8, 4) is 0 Å². The summed E-state index contributed by atoms with van der Waals surface area (Å²) in [6.45, 7) is 9.91. The van der Waals surface area contributed by atoms with Crippen molar-refractivity contribution in [2.24, 2.45) is 0 Å². The van der Waals surface area contributed by atoms with Gasteiger partial charge in [0.1, 0.15) is 0 Å². The van der Waals surface area contributed by atoms with Crippen molar-refractivity contribution in [3.63, 3.8) is 0 Å². The Labute approximate surface area is 99.8 Å². The van der Waals surface area contributed by atoms with E-state index in [-0.39, 0.29) is 17.5 Å². The molecule has 16 heavy (non-hydrogen) atoms. The molecule has 0 aromatic heterocycles. The van der Waals surface area contributed by atoms with Gasteiger partial charge in [-0.3, -0.25) is 4.79 Å². The summed E-state index contributed by atoms with van der Waals surface area (Å²) in [7, 11) is 4.01. The maximum atomic E-state index is 11.6. The Morgan fingerprint density at radius 3 is 2.31 bits per heavy atom. The minimum Gasteiger partial charge on any atom is -0.352 e. The van der Waals surface area contributed by atoms with Crippen LogP contribution in [-0.4, -0.2) is 49.6 Å². The summed E-state index contributed by atoms with van der Waals surface area (Å²) < 4.78 is 0. The second-order valence-electron chi connectivity index (χ2n) is 5.66. The van der Waals surface area contributed by atoms with Gasteiger partial charge in [0, 0.05) is 31.1 Å². The molecular formula is C12H27N3O. The molecule has 1 amide bonds. The molecule has 0 saturated carbocycles. The maximum absolute atomic E-state index is 11.6. The van der Waals surface area contributed by atoms with Crippen LogP contribution in [0.4, 0.5) is 0 Å². The molecule has 4 heteroatoms. The Kier molecular flexibility index (Phi) is 6.60. The van der Waals surface area contributed by atoms with Gasteiger partial charge in [0.25, 0.3) is 0 Å². The largest absolute Gasteiger partial charge is 0.352 e. The van der Waals surface area contributed by atoms with Crippen molar-refractivity contribution in [1.82, 2.24) is 15.5 Å². The highest BCUT2D eigenvalue weighted by Gasteiger charge is 2.11. The van der Waals surface area contributed by atoms with Gasteiger partial charge in [-0.1, -0.05) is 0 Å². The predicted octanol–water partition coefficient (Wildman–Crippen LogP) is 0.831. The number of amides is 1. The molecule has 0 radical (unpaired) electrons. The van der Waals surface area contributed by atoms with Crippen LogP contribution in [0, 0.1) is 0 Å². The van der Waals surface area contributed by atoms with E-state index < -0.39 is 0 Å². The van der Waals surface area contributed by atoms with Crippen LogP contribution in [0.1, 0.15) is 34.1 Å². The number of hydrogen-bond acceptors (Lipinski definition) is 3. The summed E-state index contributed by atoms with van der Waals surface area (Å²) in [5, 5.41) is 6.27. The predicted molar refractivity (Wildman–Crippen MR) is 68.5 cm³/mol. The van der Waals surface area contributed by atoms with Gasteiger partial charge in [-0.05, 0) is 41.8 Å². The van der Waals surface area contributed by atoms with E-state index in [2.05, 4.69) is 36.3 Å². The fourth-order valence-electron chi connectivity index (χ4n) is 1.49. The van der Waals surface area contributed by atoms with Gasteiger partial charge in [0.2, 0.25) is 5.91 Å². The monoisotopic (exact) mass is 229 g/mol. The fourth-order valence-corrected chi connectivity index (χ4v) is 1.49. The number of carbonyl (C=O) groups is 1. The highest BCUT2D eigenvalue weighted by molar-refractivity contribution is 5.76. The van der Waals surface area contributed by atoms with Crippen LogP contribution in [0.15, 0.2) is 0 Å². The molecule has 0 aromatic carbocycles. The molecule has 0 spiro atoms. The zero-order valence-corrected chi connectivity index (χ0v) is 11.6.